The molecule has 1 unspecified atom stereocenters. The van der Waals surface area contributed by atoms with Crippen LogP contribution in [0.1, 0.15) is 49.4 Å². The molecular weight excluding hydrogens is 318 g/mol. The number of hydrogen-bond donors (Lipinski definition) is 1. The lowest BCUT2D eigenvalue weighted by Gasteiger charge is -2.20. The molecule has 4 heteroatoms. The number of carbonyl (C=O) groups is 2. The van der Waals surface area contributed by atoms with Gasteiger partial charge in [0, 0.05) is 17.2 Å². The van der Waals surface area contributed by atoms with Gasteiger partial charge in [0.15, 0.2) is 5.78 Å². The third-order valence-electron chi connectivity index (χ3n) is 3.77. The van der Waals surface area contributed by atoms with E-state index in [1.165, 1.54) is 6.42 Å². The van der Waals surface area contributed by atoms with Crippen LogP contribution in [0.5, 0.6) is 0 Å². The van der Waals surface area contributed by atoms with Crippen LogP contribution >= 0.6 is 15.9 Å². The van der Waals surface area contributed by atoms with Gasteiger partial charge in [0.05, 0.1) is 4.83 Å². The second-order valence-corrected chi connectivity index (χ2v) is 6.76. The lowest BCUT2D eigenvalue weighted by Crippen LogP contribution is -2.24. The molecule has 0 aliphatic heterocycles. The molecule has 0 saturated heterocycles. The van der Waals surface area contributed by atoms with Crippen molar-refractivity contribution in [2.24, 2.45) is 5.92 Å². The zero-order valence-electron chi connectivity index (χ0n) is 11.7. The Kier molecular flexibility index (Phi) is 5.35. The fraction of sp³-hybridized carbons (Fsp3) is 0.500. The van der Waals surface area contributed by atoms with Crippen molar-refractivity contribution in [2.75, 3.05) is 5.32 Å². The molecule has 1 aliphatic rings. The van der Waals surface area contributed by atoms with Crippen LogP contribution in [0.25, 0.3) is 0 Å². The van der Waals surface area contributed by atoms with Gasteiger partial charge in [-0.15, -0.1) is 0 Å². The minimum atomic E-state index is -0.190. The van der Waals surface area contributed by atoms with E-state index in [1.54, 1.807) is 31.2 Å². The van der Waals surface area contributed by atoms with Gasteiger partial charge in [-0.05, 0) is 44.0 Å². The number of rotatable bonds is 4. The third-order valence-corrected chi connectivity index (χ3v) is 4.19. The van der Waals surface area contributed by atoms with Gasteiger partial charge in [-0.25, -0.2) is 0 Å². The molecule has 1 amide bonds. The molecule has 0 bridgehead atoms. The molecular formula is C16H20BrNO2. The summed E-state index contributed by atoms with van der Waals surface area (Å²) in [4.78, 5) is 23.7. The highest BCUT2D eigenvalue weighted by atomic mass is 79.9. The van der Waals surface area contributed by atoms with E-state index in [1.807, 2.05) is 0 Å². The largest absolute Gasteiger partial charge is 0.326 e. The van der Waals surface area contributed by atoms with Crippen molar-refractivity contribution in [3.63, 3.8) is 0 Å². The number of hydrogen-bond acceptors (Lipinski definition) is 2. The molecule has 3 nitrogen and oxygen atoms in total. The maximum atomic E-state index is 12.1. The molecule has 0 aromatic heterocycles. The molecule has 1 N–H and O–H groups in total. The van der Waals surface area contributed by atoms with Crippen molar-refractivity contribution in [1.29, 1.82) is 0 Å². The first kappa shape index (κ1) is 15.2. The first-order chi connectivity index (χ1) is 9.58. The summed E-state index contributed by atoms with van der Waals surface area (Å²) < 4.78 is 0. The number of carbonyl (C=O) groups excluding carboxylic acids is 2. The molecule has 1 aliphatic carbocycles. The molecule has 1 atom stereocenters. The number of amides is 1. The van der Waals surface area contributed by atoms with Crippen LogP contribution < -0.4 is 5.32 Å². The summed E-state index contributed by atoms with van der Waals surface area (Å²) in [6.07, 6.45) is 5.52. The molecule has 2 rings (SSSR count). The van der Waals surface area contributed by atoms with E-state index >= 15 is 0 Å². The van der Waals surface area contributed by atoms with Crippen LogP contribution in [-0.2, 0) is 4.79 Å². The van der Waals surface area contributed by atoms with Crippen LogP contribution in [-0.4, -0.2) is 16.5 Å². The van der Waals surface area contributed by atoms with Crippen molar-refractivity contribution >= 4 is 33.3 Å². The Morgan fingerprint density at radius 2 is 1.75 bits per heavy atom. The Hall–Kier alpha value is -1.16. The molecule has 1 aromatic carbocycles. The van der Waals surface area contributed by atoms with Crippen LogP contribution in [0.2, 0.25) is 0 Å². The summed E-state index contributed by atoms with van der Waals surface area (Å²) >= 11 is 3.27. The molecule has 20 heavy (non-hydrogen) atoms. The number of benzene rings is 1. The highest BCUT2D eigenvalue weighted by Gasteiger charge is 2.21. The standard InChI is InChI=1S/C16H20BrNO2/c1-11(17)15(19)12-7-9-14(10-8-12)18-16(20)13-5-3-2-4-6-13/h7-11,13H,2-6H2,1H3,(H,18,20). The highest BCUT2D eigenvalue weighted by molar-refractivity contribution is 9.10. The van der Waals surface area contributed by atoms with Crippen molar-refractivity contribution in [2.45, 2.75) is 43.9 Å². The van der Waals surface area contributed by atoms with Crippen LogP contribution in [0.15, 0.2) is 24.3 Å². The van der Waals surface area contributed by atoms with Gasteiger partial charge in [-0.3, -0.25) is 9.59 Å². The first-order valence-electron chi connectivity index (χ1n) is 7.17. The minimum absolute atomic E-state index is 0.0511. The first-order valence-corrected chi connectivity index (χ1v) is 8.08. The SMILES string of the molecule is CC(Br)C(=O)c1ccc(NC(=O)C2CCCCC2)cc1. The summed E-state index contributed by atoms with van der Waals surface area (Å²) in [5, 5.41) is 2.95. The van der Waals surface area contributed by atoms with E-state index in [0.717, 1.165) is 31.4 Å². The highest BCUT2D eigenvalue weighted by Crippen LogP contribution is 2.25. The van der Waals surface area contributed by atoms with E-state index in [0.29, 0.717) is 5.56 Å². The summed E-state index contributed by atoms with van der Waals surface area (Å²) in [5.74, 6) is 0.306. The third kappa shape index (κ3) is 3.92. The summed E-state index contributed by atoms with van der Waals surface area (Å²) in [7, 11) is 0. The smallest absolute Gasteiger partial charge is 0.227 e. The van der Waals surface area contributed by atoms with E-state index in [2.05, 4.69) is 21.2 Å². The number of ketones is 1. The topological polar surface area (TPSA) is 46.2 Å². The van der Waals surface area contributed by atoms with Gasteiger partial charge in [-0.2, -0.15) is 0 Å². The number of nitrogens with one attached hydrogen (secondary N) is 1. The van der Waals surface area contributed by atoms with Crippen LogP contribution in [0, 0.1) is 5.92 Å². The normalized spacial score (nSPS) is 17.5. The number of halogens is 1. The quantitative estimate of drug-likeness (QED) is 0.661. The van der Waals surface area contributed by atoms with Crippen molar-refractivity contribution in [1.82, 2.24) is 0 Å². The molecule has 108 valence electrons. The molecule has 1 aromatic rings. The predicted molar refractivity (Wildman–Crippen MR) is 84.4 cm³/mol. The Morgan fingerprint density at radius 3 is 2.30 bits per heavy atom. The Labute approximate surface area is 128 Å². The molecule has 0 heterocycles. The predicted octanol–water partition coefficient (Wildman–Crippen LogP) is 4.17. The molecule has 1 saturated carbocycles. The van der Waals surface area contributed by atoms with E-state index in [-0.39, 0.29) is 22.4 Å². The zero-order valence-corrected chi connectivity index (χ0v) is 13.3. The van der Waals surface area contributed by atoms with Gasteiger partial charge in [0.25, 0.3) is 0 Å². The molecule has 0 radical (unpaired) electrons. The second kappa shape index (κ2) is 7.02. The van der Waals surface area contributed by atoms with Crippen molar-refractivity contribution < 1.29 is 9.59 Å². The van der Waals surface area contributed by atoms with Crippen LogP contribution in [0.4, 0.5) is 5.69 Å². The fourth-order valence-electron chi connectivity index (χ4n) is 2.56. The summed E-state index contributed by atoms with van der Waals surface area (Å²) in [5.41, 5.74) is 1.42. The van der Waals surface area contributed by atoms with E-state index < -0.39 is 0 Å². The monoisotopic (exact) mass is 337 g/mol. The summed E-state index contributed by atoms with van der Waals surface area (Å²) in [6, 6.07) is 7.11. The van der Waals surface area contributed by atoms with Gasteiger partial charge in [0.2, 0.25) is 5.91 Å². The summed E-state index contributed by atoms with van der Waals surface area (Å²) in [6.45, 7) is 1.81. The molecule has 1 fully saturated rings. The maximum absolute atomic E-state index is 12.1. The average molecular weight is 338 g/mol. The van der Waals surface area contributed by atoms with Gasteiger partial charge < -0.3 is 5.32 Å². The zero-order chi connectivity index (χ0) is 14.5. The Bertz CT molecular complexity index is 476. The fourth-order valence-corrected chi connectivity index (χ4v) is 2.82. The number of Topliss-reactive ketones (excluding diaryl/α,β-unsaturated/α-hetero) is 1. The van der Waals surface area contributed by atoms with Crippen molar-refractivity contribution in [3.8, 4) is 0 Å². The number of anilines is 1. The Balaban J connectivity index is 1.96. The van der Waals surface area contributed by atoms with Gasteiger partial charge in [-0.1, -0.05) is 35.2 Å². The van der Waals surface area contributed by atoms with Gasteiger partial charge >= 0.3 is 0 Å². The lowest BCUT2D eigenvalue weighted by molar-refractivity contribution is -0.120. The lowest BCUT2D eigenvalue weighted by atomic mass is 9.88. The molecule has 0 spiro atoms. The average Bonchev–Trinajstić information content (AvgIpc) is 2.48. The van der Waals surface area contributed by atoms with E-state index in [4.69, 9.17) is 0 Å². The minimum Gasteiger partial charge on any atom is -0.326 e. The van der Waals surface area contributed by atoms with Crippen LogP contribution in [0.3, 0.4) is 0 Å². The van der Waals surface area contributed by atoms with Crippen molar-refractivity contribution in [3.05, 3.63) is 29.8 Å². The van der Waals surface area contributed by atoms with E-state index in [9.17, 15) is 9.59 Å². The maximum Gasteiger partial charge on any atom is 0.227 e. The number of alkyl halides is 1. The second-order valence-electron chi connectivity index (χ2n) is 5.38. The van der Waals surface area contributed by atoms with Gasteiger partial charge in [0.1, 0.15) is 0 Å². The Morgan fingerprint density at radius 1 is 1.15 bits per heavy atom.